The van der Waals surface area contributed by atoms with E-state index < -0.39 is 0 Å². The Balaban J connectivity index is 1.50. The first-order chi connectivity index (χ1) is 11.9. The second-order valence-corrected chi connectivity index (χ2v) is 7.44. The standard InChI is InChI=1S/C22H24N2/c1-4-10-16(11-5-1)19-21-20(17-12-6-2-7-13-17)24(21)22(23-19)18-14-8-3-9-15-18/h1-2,4-7,10-13,18,20-22H,3,8-9,14-15H2/t20-,21-,22-,24?/m0/s1. The Bertz CT molecular complexity index is 731. The average Bonchev–Trinajstić information content (AvgIpc) is 3.28. The van der Waals surface area contributed by atoms with Gasteiger partial charge in [-0.2, -0.15) is 0 Å². The van der Waals surface area contributed by atoms with E-state index >= 15 is 0 Å². The minimum absolute atomic E-state index is 0.399. The van der Waals surface area contributed by atoms with Crippen LogP contribution in [-0.4, -0.2) is 22.8 Å². The molecule has 0 N–H and O–H groups in total. The van der Waals surface area contributed by atoms with E-state index in [0.29, 0.717) is 18.2 Å². The number of fused-ring (bicyclic) bond motifs is 1. The van der Waals surface area contributed by atoms with Gasteiger partial charge in [0.2, 0.25) is 0 Å². The zero-order valence-electron chi connectivity index (χ0n) is 14.0. The summed E-state index contributed by atoms with van der Waals surface area (Å²) >= 11 is 0. The molecular formula is C22H24N2. The molecular weight excluding hydrogens is 292 g/mol. The third-order valence-corrected chi connectivity index (χ3v) is 5.99. The Kier molecular flexibility index (Phi) is 3.52. The molecule has 5 rings (SSSR count). The molecule has 1 saturated heterocycles. The molecule has 1 saturated carbocycles. The summed E-state index contributed by atoms with van der Waals surface area (Å²) in [6.45, 7) is 0. The summed E-state index contributed by atoms with van der Waals surface area (Å²) in [4.78, 5) is 7.91. The first-order valence-electron chi connectivity index (χ1n) is 9.39. The smallest absolute Gasteiger partial charge is 0.106 e. The van der Waals surface area contributed by atoms with Crippen molar-refractivity contribution in [2.75, 3.05) is 0 Å². The van der Waals surface area contributed by atoms with Crippen molar-refractivity contribution >= 4 is 5.71 Å². The molecule has 2 aromatic carbocycles. The van der Waals surface area contributed by atoms with Gasteiger partial charge in [-0.05, 0) is 29.9 Å². The van der Waals surface area contributed by atoms with Crippen LogP contribution in [0.2, 0.25) is 0 Å². The lowest BCUT2D eigenvalue weighted by molar-refractivity contribution is 0.219. The molecule has 4 atom stereocenters. The van der Waals surface area contributed by atoms with Crippen molar-refractivity contribution in [3.8, 4) is 0 Å². The van der Waals surface area contributed by atoms with Gasteiger partial charge < -0.3 is 0 Å². The molecule has 0 amide bonds. The van der Waals surface area contributed by atoms with E-state index in [-0.39, 0.29) is 0 Å². The summed E-state index contributed by atoms with van der Waals surface area (Å²) < 4.78 is 0. The summed E-state index contributed by atoms with van der Waals surface area (Å²) in [7, 11) is 0. The highest BCUT2D eigenvalue weighted by atomic mass is 15.5. The second kappa shape index (κ2) is 5.86. The maximum Gasteiger partial charge on any atom is 0.106 e. The molecule has 2 heterocycles. The van der Waals surface area contributed by atoms with Crippen molar-refractivity contribution in [1.29, 1.82) is 0 Å². The van der Waals surface area contributed by atoms with Crippen molar-refractivity contribution in [3.05, 3.63) is 71.8 Å². The number of nitrogens with zero attached hydrogens (tertiary/aromatic N) is 2. The van der Waals surface area contributed by atoms with E-state index in [0.717, 1.165) is 5.92 Å². The topological polar surface area (TPSA) is 15.4 Å². The lowest BCUT2D eigenvalue weighted by atomic mass is 9.87. The summed E-state index contributed by atoms with van der Waals surface area (Å²) in [6.07, 6.45) is 7.26. The second-order valence-electron chi connectivity index (χ2n) is 7.44. The van der Waals surface area contributed by atoms with Gasteiger partial charge >= 0.3 is 0 Å². The van der Waals surface area contributed by atoms with Crippen LogP contribution in [0.25, 0.3) is 0 Å². The molecule has 0 radical (unpaired) electrons. The Morgan fingerprint density at radius 1 is 0.750 bits per heavy atom. The van der Waals surface area contributed by atoms with Gasteiger partial charge in [-0.3, -0.25) is 9.89 Å². The van der Waals surface area contributed by atoms with Gasteiger partial charge in [0.25, 0.3) is 0 Å². The molecule has 2 nitrogen and oxygen atoms in total. The van der Waals surface area contributed by atoms with Crippen molar-refractivity contribution in [1.82, 2.24) is 4.90 Å². The third kappa shape index (κ3) is 2.32. The fraction of sp³-hybridized carbons (Fsp3) is 0.409. The Morgan fingerprint density at radius 2 is 1.42 bits per heavy atom. The minimum atomic E-state index is 0.399. The van der Waals surface area contributed by atoms with Gasteiger partial charge in [-0.25, -0.2) is 0 Å². The van der Waals surface area contributed by atoms with Crippen LogP contribution < -0.4 is 0 Å². The number of hydrogen-bond acceptors (Lipinski definition) is 2. The zero-order valence-corrected chi connectivity index (χ0v) is 14.0. The molecule has 0 bridgehead atoms. The van der Waals surface area contributed by atoms with Gasteiger partial charge in [-0.1, -0.05) is 79.9 Å². The summed E-state index contributed by atoms with van der Waals surface area (Å²) in [5.41, 5.74) is 4.08. The molecule has 24 heavy (non-hydrogen) atoms. The van der Waals surface area contributed by atoms with Gasteiger partial charge in [0.15, 0.2) is 0 Å². The summed E-state index contributed by atoms with van der Waals surface area (Å²) in [5, 5.41) is 0. The molecule has 2 aromatic rings. The third-order valence-electron chi connectivity index (χ3n) is 5.99. The van der Waals surface area contributed by atoms with E-state index in [1.807, 2.05) is 0 Å². The van der Waals surface area contributed by atoms with Gasteiger partial charge in [0.05, 0.1) is 17.8 Å². The predicted octanol–water partition coefficient (Wildman–Crippen LogP) is 4.82. The minimum Gasteiger partial charge on any atom is -0.268 e. The fourth-order valence-corrected chi connectivity index (χ4v) is 4.79. The molecule has 122 valence electrons. The highest BCUT2D eigenvalue weighted by Crippen LogP contribution is 2.53. The van der Waals surface area contributed by atoms with Crippen molar-refractivity contribution in [3.63, 3.8) is 0 Å². The lowest BCUT2D eigenvalue weighted by Crippen LogP contribution is -2.27. The van der Waals surface area contributed by atoms with Crippen LogP contribution in [0.3, 0.4) is 0 Å². The molecule has 3 aliphatic rings. The molecule has 2 heteroatoms. The van der Waals surface area contributed by atoms with Crippen LogP contribution in [0, 0.1) is 5.92 Å². The SMILES string of the molecule is c1ccc(C2=N[C@H](C3CCCCC3)N3[C@@H]2[C@@H]3c2ccccc2)cc1. The Hall–Kier alpha value is -1.93. The van der Waals surface area contributed by atoms with E-state index in [2.05, 4.69) is 65.6 Å². The molecule has 1 unspecified atom stereocenters. The number of benzene rings is 2. The Labute approximate surface area is 144 Å². The van der Waals surface area contributed by atoms with Gasteiger partial charge in [0.1, 0.15) is 6.17 Å². The highest BCUT2D eigenvalue weighted by molar-refractivity contribution is 6.08. The Morgan fingerprint density at radius 3 is 2.12 bits per heavy atom. The van der Waals surface area contributed by atoms with Crippen LogP contribution in [0.1, 0.15) is 49.3 Å². The first-order valence-corrected chi connectivity index (χ1v) is 9.39. The number of aliphatic imine (C=N–C) groups is 1. The van der Waals surface area contributed by atoms with Gasteiger partial charge in [-0.15, -0.1) is 0 Å². The summed E-state index contributed by atoms with van der Waals surface area (Å²) in [6, 6.07) is 22.8. The van der Waals surface area contributed by atoms with Crippen molar-refractivity contribution in [2.24, 2.45) is 10.9 Å². The van der Waals surface area contributed by atoms with E-state index in [1.54, 1.807) is 0 Å². The van der Waals surface area contributed by atoms with Crippen molar-refractivity contribution < 1.29 is 0 Å². The lowest BCUT2D eigenvalue weighted by Gasteiger charge is -2.28. The molecule has 2 aliphatic heterocycles. The normalized spacial score (nSPS) is 32.2. The fourth-order valence-electron chi connectivity index (χ4n) is 4.79. The van der Waals surface area contributed by atoms with Gasteiger partial charge in [0, 0.05) is 0 Å². The quantitative estimate of drug-likeness (QED) is 0.741. The number of rotatable bonds is 3. The predicted molar refractivity (Wildman–Crippen MR) is 98.2 cm³/mol. The largest absolute Gasteiger partial charge is 0.268 e. The van der Waals surface area contributed by atoms with E-state index in [1.165, 1.54) is 48.9 Å². The maximum absolute atomic E-state index is 5.23. The van der Waals surface area contributed by atoms with E-state index in [4.69, 9.17) is 4.99 Å². The molecule has 0 spiro atoms. The van der Waals surface area contributed by atoms with Crippen LogP contribution >= 0.6 is 0 Å². The molecule has 2 fully saturated rings. The monoisotopic (exact) mass is 316 g/mol. The van der Waals surface area contributed by atoms with Crippen LogP contribution in [-0.2, 0) is 0 Å². The number of hydrogen-bond donors (Lipinski definition) is 0. The average molecular weight is 316 g/mol. The van der Waals surface area contributed by atoms with Crippen LogP contribution in [0.15, 0.2) is 65.7 Å². The van der Waals surface area contributed by atoms with E-state index in [9.17, 15) is 0 Å². The molecule has 1 aliphatic carbocycles. The van der Waals surface area contributed by atoms with Crippen molar-refractivity contribution in [2.45, 2.75) is 50.4 Å². The highest BCUT2D eigenvalue weighted by Gasteiger charge is 2.60. The zero-order chi connectivity index (χ0) is 15.9. The van der Waals surface area contributed by atoms with Crippen LogP contribution in [0.5, 0.6) is 0 Å². The maximum atomic E-state index is 5.23. The molecule has 0 aromatic heterocycles. The van der Waals surface area contributed by atoms with Crippen LogP contribution in [0.4, 0.5) is 0 Å². The first kappa shape index (κ1) is 14.4. The summed E-state index contributed by atoms with van der Waals surface area (Å²) in [5.74, 6) is 0.746.